The molecule has 2 aromatic rings. The van der Waals surface area contributed by atoms with Crippen molar-refractivity contribution in [1.82, 2.24) is 0 Å². The van der Waals surface area contributed by atoms with Crippen molar-refractivity contribution in [2.24, 2.45) is 0 Å². The fourth-order valence-corrected chi connectivity index (χ4v) is 2.25. The third-order valence-corrected chi connectivity index (χ3v) is 3.43. The minimum absolute atomic E-state index is 0.234. The second-order valence-electron chi connectivity index (χ2n) is 4.91. The van der Waals surface area contributed by atoms with Crippen molar-refractivity contribution in [3.05, 3.63) is 65.2 Å². The van der Waals surface area contributed by atoms with Crippen LogP contribution in [0.2, 0.25) is 0 Å². The number of alkyl halides is 3. The van der Waals surface area contributed by atoms with Crippen LogP contribution in [0.15, 0.2) is 48.5 Å². The zero-order chi connectivity index (χ0) is 16.3. The van der Waals surface area contributed by atoms with Crippen LogP contribution >= 0.6 is 0 Å². The summed E-state index contributed by atoms with van der Waals surface area (Å²) in [6.45, 7) is 4.15. The van der Waals surface area contributed by atoms with Crippen LogP contribution in [0.1, 0.15) is 28.4 Å². The number of para-hydroxylation sites is 1. The molecule has 0 radical (unpaired) electrons. The molecule has 22 heavy (non-hydrogen) atoms. The zero-order valence-electron chi connectivity index (χ0n) is 12.3. The van der Waals surface area contributed by atoms with Gasteiger partial charge in [0.15, 0.2) is 0 Å². The summed E-state index contributed by atoms with van der Waals surface area (Å²) in [6, 6.07) is 11.7. The Bertz CT molecular complexity index is 662. The Balaban J connectivity index is 2.32. The average molecular weight is 307 g/mol. The van der Waals surface area contributed by atoms with E-state index in [1.807, 2.05) is 38.1 Å². The van der Waals surface area contributed by atoms with Gasteiger partial charge in [-0.1, -0.05) is 18.2 Å². The molecule has 2 rings (SSSR count). The van der Waals surface area contributed by atoms with E-state index in [-0.39, 0.29) is 11.5 Å². The van der Waals surface area contributed by atoms with Gasteiger partial charge in [-0.05, 0) is 49.7 Å². The first-order valence-corrected chi connectivity index (χ1v) is 6.89. The minimum Gasteiger partial charge on any atom is -0.308 e. The molecule has 0 spiro atoms. The summed E-state index contributed by atoms with van der Waals surface area (Å²) < 4.78 is 37.7. The van der Waals surface area contributed by atoms with E-state index in [0.29, 0.717) is 6.54 Å². The molecule has 0 aromatic heterocycles. The Morgan fingerprint density at radius 2 is 1.64 bits per heavy atom. The van der Waals surface area contributed by atoms with Gasteiger partial charge in [-0.2, -0.15) is 13.2 Å². The van der Waals surface area contributed by atoms with Crippen molar-refractivity contribution in [1.29, 1.82) is 0 Å². The summed E-state index contributed by atoms with van der Waals surface area (Å²) in [5.41, 5.74) is 1.17. The standard InChI is InChI=1S/C17H16F3NO/c1-3-21(15-7-5-4-6-12(15)2)16(22)13-8-10-14(11-9-13)17(18,19)20/h4-11H,3H2,1-2H3. The summed E-state index contributed by atoms with van der Waals surface area (Å²) in [7, 11) is 0. The second kappa shape index (κ2) is 6.22. The Morgan fingerprint density at radius 3 is 2.14 bits per heavy atom. The summed E-state index contributed by atoms with van der Waals surface area (Å²) >= 11 is 0. The molecule has 0 aliphatic carbocycles. The van der Waals surface area contributed by atoms with E-state index >= 15 is 0 Å². The third-order valence-electron chi connectivity index (χ3n) is 3.43. The molecule has 0 saturated carbocycles. The number of halogens is 3. The number of benzene rings is 2. The van der Waals surface area contributed by atoms with Crippen molar-refractivity contribution in [2.75, 3.05) is 11.4 Å². The van der Waals surface area contributed by atoms with Crippen molar-refractivity contribution in [3.8, 4) is 0 Å². The highest BCUT2D eigenvalue weighted by Gasteiger charge is 2.30. The lowest BCUT2D eigenvalue weighted by Crippen LogP contribution is -2.31. The molecule has 2 aromatic carbocycles. The molecule has 0 atom stereocenters. The van der Waals surface area contributed by atoms with Crippen molar-refractivity contribution in [2.45, 2.75) is 20.0 Å². The lowest BCUT2D eigenvalue weighted by molar-refractivity contribution is -0.137. The zero-order valence-corrected chi connectivity index (χ0v) is 12.3. The minimum atomic E-state index is -4.40. The predicted octanol–water partition coefficient (Wildman–Crippen LogP) is 4.68. The highest BCUT2D eigenvalue weighted by Crippen LogP contribution is 2.29. The fraction of sp³-hybridized carbons (Fsp3) is 0.235. The normalized spacial score (nSPS) is 11.3. The lowest BCUT2D eigenvalue weighted by Gasteiger charge is -2.23. The molecule has 0 bridgehead atoms. The number of carbonyl (C=O) groups is 1. The van der Waals surface area contributed by atoms with Gasteiger partial charge in [-0.25, -0.2) is 0 Å². The summed E-state index contributed by atoms with van der Waals surface area (Å²) in [5.74, 6) is -0.314. The molecule has 0 fully saturated rings. The van der Waals surface area contributed by atoms with Gasteiger partial charge in [0, 0.05) is 17.8 Å². The number of carbonyl (C=O) groups excluding carboxylic acids is 1. The maximum atomic E-state index is 12.6. The molecule has 2 nitrogen and oxygen atoms in total. The van der Waals surface area contributed by atoms with Crippen LogP contribution in [0, 0.1) is 6.92 Å². The number of rotatable bonds is 3. The number of hydrogen-bond donors (Lipinski definition) is 0. The van der Waals surface area contributed by atoms with E-state index < -0.39 is 11.7 Å². The van der Waals surface area contributed by atoms with Gasteiger partial charge in [0.1, 0.15) is 0 Å². The van der Waals surface area contributed by atoms with Gasteiger partial charge in [-0.3, -0.25) is 4.79 Å². The number of aryl methyl sites for hydroxylation is 1. The first-order valence-electron chi connectivity index (χ1n) is 6.89. The first kappa shape index (κ1) is 16.1. The Morgan fingerprint density at radius 1 is 1.05 bits per heavy atom. The lowest BCUT2D eigenvalue weighted by atomic mass is 10.1. The monoisotopic (exact) mass is 307 g/mol. The number of anilines is 1. The Labute approximate surface area is 127 Å². The molecule has 0 unspecified atom stereocenters. The highest BCUT2D eigenvalue weighted by molar-refractivity contribution is 6.06. The predicted molar refractivity (Wildman–Crippen MR) is 80.0 cm³/mol. The topological polar surface area (TPSA) is 20.3 Å². The van der Waals surface area contributed by atoms with Gasteiger partial charge in [-0.15, -0.1) is 0 Å². The Hall–Kier alpha value is -2.30. The fourth-order valence-electron chi connectivity index (χ4n) is 2.25. The van der Waals surface area contributed by atoms with Gasteiger partial charge >= 0.3 is 6.18 Å². The van der Waals surface area contributed by atoms with Gasteiger partial charge in [0.2, 0.25) is 0 Å². The van der Waals surface area contributed by atoms with Crippen LogP contribution in [-0.2, 0) is 6.18 Å². The summed E-state index contributed by atoms with van der Waals surface area (Å²) in [6.07, 6.45) is -4.40. The van der Waals surface area contributed by atoms with E-state index in [1.165, 1.54) is 12.1 Å². The first-order chi connectivity index (χ1) is 10.3. The highest BCUT2D eigenvalue weighted by atomic mass is 19.4. The van der Waals surface area contributed by atoms with Gasteiger partial charge in [0.05, 0.1) is 5.56 Å². The van der Waals surface area contributed by atoms with Crippen LogP contribution in [0.5, 0.6) is 0 Å². The van der Waals surface area contributed by atoms with Crippen LogP contribution in [-0.4, -0.2) is 12.5 Å². The molecule has 0 N–H and O–H groups in total. The number of nitrogens with zero attached hydrogens (tertiary/aromatic N) is 1. The SMILES string of the molecule is CCN(C(=O)c1ccc(C(F)(F)F)cc1)c1ccccc1C. The van der Waals surface area contributed by atoms with Crippen LogP contribution in [0.25, 0.3) is 0 Å². The van der Waals surface area contributed by atoms with E-state index in [4.69, 9.17) is 0 Å². The Kier molecular flexibility index (Phi) is 4.54. The van der Waals surface area contributed by atoms with Crippen molar-refractivity contribution >= 4 is 11.6 Å². The van der Waals surface area contributed by atoms with Crippen LogP contribution < -0.4 is 4.90 Å². The van der Waals surface area contributed by atoms with Gasteiger partial charge in [0.25, 0.3) is 5.91 Å². The van der Waals surface area contributed by atoms with E-state index in [1.54, 1.807) is 4.90 Å². The number of hydrogen-bond acceptors (Lipinski definition) is 1. The van der Waals surface area contributed by atoms with Crippen LogP contribution in [0.3, 0.4) is 0 Å². The molecular weight excluding hydrogens is 291 g/mol. The summed E-state index contributed by atoms with van der Waals surface area (Å²) in [5, 5.41) is 0. The second-order valence-corrected chi connectivity index (χ2v) is 4.91. The molecule has 0 saturated heterocycles. The number of amides is 1. The maximum Gasteiger partial charge on any atom is 0.416 e. The van der Waals surface area contributed by atoms with Crippen LogP contribution in [0.4, 0.5) is 18.9 Å². The average Bonchev–Trinajstić information content (AvgIpc) is 2.49. The van der Waals surface area contributed by atoms with E-state index in [2.05, 4.69) is 0 Å². The summed E-state index contributed by atoms with van der Waals surface area (Å²) in [4.78, 5) is 14.1. The third kappa shape index (κ3) is 3.30. The van der Waals surface area contributed by atoms with Gasteiger partial charge < -0.3 is 4.90 Å². The quantitative estimate of drug-likeness (QED) is 0.806. The molecular formula is C17H16F3NO. The molecule has 0 aliphatic heterocycles. The molecule has 1 amide bonds. The maximum absolute atomic E-state index is 12.6. The van der Waals surface area contributed by atoms with Crippen molar-refractivity contribution in [3.63, 3.8) is 0 Å². The smallest absolute Gasteiger partial charge is 0.308 e. The van der Waals surface area contributed by atoms with E-state index in [0.717, 1.165) is 23.4 Å². The van der Waals surface area contributed by atoms with E-state index in [9.17, 15) is 18.0 Å². The van der Waals surface area contributed by atoms with Crippen molar-refractivity contribution < 1.29 is 18.0 Å². The largest absolute Gasteiger partial charge is 0.416 e. The molecule has 5 heteroatoms. The molecule has 0 heterocycles. The molecule has 0 aliphatic rings. The molecule has 116 valence electrons.